The van der Waals surface area contributed by atoms with E-state index in [1.54, 1.807) is 0 Å². The van der Waals surface area contributed by atoms with Crippen LogP contribution < -0.4 is 0 Å². The number of halogens is 6. The van der Waals surface area contributed by atoms with Crippen LogP contribution in [0.4, 0.5) is 0 Å². The Balaban J connectivity index is 1.74. The summed E-state index contributed by atoms with van der Waals surface area (Å²) in [7, 11) is 0. The van der Waals surface area contributed by atoms with Crippen LogP contribution in [0.2, 0.25) is 0 Å². The van der Waals surface area contributed by atoms with E-state index in [2.05, 4.69) is 122 Å². The van der Waals surface area contributed by atoms with E-state index in [4.69, 9.17) is 69.6 Å². The SMILES string of the molecule is Cc1cc2c(cc1C(C)(C)C)-c1cc(C(C)(C)C)c(C)cc1[CH]2[Zr]([C]1=CC=CC1)=[C](c1ccc(C(Cl)(Cl)Cl)cc1)c1ccc(C(Cl)(Cl)Cl)cc1. The van der Waals surface area contributed by atoms with E-state index in [1.807, 2.05) is 24.3 Å². The third-order valence-corrected chi connectivity index (χ3v) is 19.6. The van der Waals surface area contributed by atoms with Gasteiger partial charge in [-0.15, -0.1) is 0 Å². The van der Waals surface area contributed by atoms with Crippen LogP contribution in [0.15, 0.2) is 94.3 Å². The Morgan fingerprint density at radius 3 is 1.32 bits per heavy atom. The van der Waals surface area contributed by atoms with Crippen molar-refractivity contribution in [2.45, 2.75) is 83.9 Å². The molecule has 0 unspecified atom stereocenters. The first-order valence-corrected chi connectivity index (χ1v) is 23.1. The van der Waals surface area contributed by atoms with E-state index in [0.717, 1.165) is 17.5 Å². The van der Waals surface area contributed by atoms with E-state index < -0.39 is 28.9 Å². The number of alkyl halides is 6. The zero-order valence-corrected chi connectivity index (χ0v) is 36.7. The molecular formula is C43H42Cl6Zr. The maximum atomic E-state index is 6.35. The first kappa shape index (κ1) is 38.6. The topological polar surface area (TPSA) is 0 Å². The fourth-order valence-electron chi connectivity index (χ4n) is 7.77. The number of rotatable bonds is 4. The average Bonchev–Trinajstić information content (AvgIpc) is 3.64. The van der Waals surface area contributed by atoms with Crippen LogP contribution in [0.5, 0.6) is 0 Å². The van der Waals surface area contributed by atoms with Crippen LogP contribution in [0.25, 0.3) is 11.1 Å². The molecule has 0 aliphatic heterocycles. The summed E-state index contributed by atoms with van der Waals surface area (Å²) < 4.78 is 0.117. The Morgan fingerprint density at radius 1 is 0.600 bits per heavy atom. The van der Waals surface area contributed by atoms with E-state index in [0.29, 0.717) is 11.1 Å². The van der Waals surface area contributed by atoms with Crippen molar-refractivity contribution in [2.24, 2.45) is 0 Å². The van der Waals surface area contributed by atoms with Crippen LogP contribution in [0.1, 0.15) is 107 Å². The summed E-state index contributed by atoms with van der Waals surface area (Å²) in [6.07, 6.45) is 7.84. The minimum absolute atomic E-state index is 0.0140. The summed E-state index contributed by atoms with van der Waals surface area (Å²) in [5.74, 6) is 0. The second-order valence-electron chi connectivity index (χ2n) is 15.7. The van der Waals surface area contributed by atoms with Gasteiger partial charge >= 0.3 is 339 Å². The number of fused-ring (bicyclic) bond motifs is 3. The third kappa shape index (κ3) is 7.60. The van der Waals surface area contributed by atoms with E-state index in [1.165, 1.54) is 51.0 Å². The molecule has 0 N–H and O–H groups in total. The molecule has 4 aromatic rings. The van der Waals surface area contributed by atoms with Gasteiger partial charge in [-0.1, -0.05) is 0 Å². The monoisotopic (exact) mass is 858 g/mol. The first-order chi connectivity index (χ1) is 23.2. The van der Waals surface area contributed by atoms with E-state index >= 15 is 0 Å². The standard InChI is InChI=1S/C23H29.C15H8Cl6.C5H5.Zr/c1-14-9-16-11-17-10-15(2)21(23(6,7)8)13-19(17)18(16)12-20(14)22(3,4)5;16-14(17,18)12-5-1-10(2-6-12)9-11-3-7-13(8-4-11)15(19,20)21;1-2-4-5-3-1;/h9-13H,1-8H3;1-8H;1-3H,4H2;. The van der Waals surface area contributed by atoms with Gasteiger partial charge in [-0.2, -0.15) is 0 Å². The van der Waals surface area contributed by atoms with Crippen molar-refractivity contribution in [1.82, 2.24) is 0 Å². The number of benzene rings is 4. The van der Waals surface area contributed by atoms with Crippen molar-refractivity contribution in [3.8, 4) is 11.1 Å². The van der Waals surface area contributed by atoms with Gasteiger partial charge in [-0.25, -0.2) is 0 Å². The minimum atomic E-state index is -3.01. The normalized spacial score (nSPS) is 14.9. The quantitative estimate of drug-likeness (QED) is 0.179. The van der Waals surface area contributed by atoms with Crippen LogP contribution >= 0.6 is 69.6 Å². The molecule has 260 valence electrons. The molecule has 7 heteroatoms. The molecule has 0 atom stereocenters. The van der Waals surface area contributed by atoms with Crippen molar-refractivity contribution >= 4 is 72.8 Å². The van der Waals surface area contributed by atoms with Gasteiger partial charge < -0.3 is 0 Å². The molecule has 4 aromatic carbocycles. The molecule has 0 heterocycles. The summed E-state index contributed by atoms with van der Waals surface area (Å²) in [6, 6.07) is 26.3. The van der Waals surface area contributed by atoms with Gasteiger partial charge in [-0.05, 0) is 0 Å². The third-order valence-electron chi connectivity index (χ3n) is 10.00. The van der Waals surface area contributed by atoms with E-state index in [-0.39, 0.29) is 14.5 Å². The summed E-state index contributed by atoms with van der Waals surface area (Å²) in [5.41, 5.74) is 14.6. The molecule has 0 saturated carbocycles. The number of aryl methyl sites for hydroxylation is 2. The van der Waals surface area contributed by atoms with Crippen LogP contribution in [0, 0.1) is 13.8 Å². The number of allylic oxidation sites excluding steroid dienone is 4. The van der Waals surface area contributed by atoms with Crippen molar-refractivity contribution in [1.29, 1.82) is 0 Å². The Morgan fingerprint density at radius 2 is 1.00 bits per heavy atom. The van der Waals surface area contributed by atoms with Gasteiger partial charge in [0.05, 0.1) is 0 Å². The molecule has 0 amide bonds. The predicted octanol–water partition coefficient (Wildman–Crippen LogP) is 14.4. The van der Waals surface area contributed by atoms with Gasteiger partial charge in [-0.3, -0.25) is 0 Å². The zero-order chi connectivity index (χ0) is 36.6. The van der Waals surface area contributed by atoms with Gasteiger partial charge in [0.25, 0.3) is 0 Å². The summed E-state index contributed by atoms with van der Waals surface area (Å²) in [5, 5.41) is 0. The fourth-order valence-corrected chi connectivity index (χ4v) is 17.5. The molecule has 0 bridgehead atoms. The summed E-state index contributed by atoms with van der Waals surface area (Å²) in [4.78, 5) is 0. The summed E-state index contributed by atoms with van der Waals surface area (Å²) in [6.45, 7) is 18.4. The van der Waals surface area contributed by atoms with Crippen LogP contribution in [0.3, 0.4) is 0 Å². The van der Waals surface area contributed by atoms with Crippen molar-refractivity contribution < 1.29 is 21.3 Å². The van der Waals surface area contributed by atoms with E-state index in [9.17, 15) is 0 Å². The molecule has 0 spiro atoms. The van der Waals surface area contributed by atoms with Crippen LogP contribution in [-0.4, -0.2) is 3.21 Å². The number of hydrogen-bond donors (Lipinski definition) is 0. The predicted molar refractivity (Wildman–Crippen MR) is 217 cm³/mol. The molecule has 0 fully saturated rings. The second-order valence-corrected chi connectivity index (χ2v) is 26.5. The molecule has 2 aliphatic rings. The molecule has 0 radical (unpaired) electrons. The fraction of sp³-hybridized carbons (Fsp3) is 0.326. The van der Waals surface area contributed by atoms with Gasteiger partial charge in [0.15, 0.2) is 0 Å². The molecule has 0 saturated heterocycles. The molecule has 0 aromatic heterocycles. The van der Waals surface area contributed by atoms with Gasteiger partial charge in [0.2, 0.25) is 0 Å². The zero-order valence-electron chi connectivity index (χ0n) is 29.7. The molecular weight excluding hydrogens is 820 g/mol. The Kier molecular flexibility index (Phi) is 10.7. The van der Waals surface area contributed by atoms with Crippen LogP contribution in [-0.2, 0) is 39.7 Å². The van der Waals surface area contributed by atoms with Crippen molar-refractivity contribution in [3.05, 3.63) is 150 Å². The molecule has 0 nitrogen and oxygen atoms in total. The van der Waals surface area contributed by atoms with Crippen molar-refractivity contribution in [3.63, 3.8) is 0 Å². The Labute approximate surface area is 335 Å². The first-order valence-electron chi connectivity index (χ1n) is 16.9. The van der Waals surface area contributed by atoms with Crippen molar-refractivity contribution in [2.75, 3.05) is 0 Å². The van der Waals surface area contributed by atoms with Gasteiger partial charge in [0.1, 0.15) is 0 Å². The summed E-state index contributed by atoms with van der Waals surface area (Å²) >= 11 is 35.1. The maximum absolute atomic E-state index is 6.35. The Hall–Kier alpha value is -1.15. The van der Waals surface area contributed by atoms with Gasteiger partial charge in [0, 0.05) is 0 Å². The molecule has 50 heavy (non-hydrogen) atoms. The molecule has 6 rings (SSSR count). The Bertz CT molecular complexity index is 1930. The number of hydrogen-bond acceptors (Lipinski definition) is 0. The molecule has 2 aliphatic carbocycles. The second kappa shape index (κ2) is 13.9. The average molecular weight is 863 g/mol.